The smallest absolute Gasteiger partial charge is 0.275 e. The fraction of sp³-hybridized carbons (Fsp3) is 0. The Labute approximate surface area is 124 Å². The second-order valence-corrected chi connectivity index (χ2v) is 4.51. The third-order valence-corrected chi connectivity index (χ3v) is 2.88. The minimum absolute atomic E-state index is 0.154. The molecule has 0 saturated carbocycles. The zero-order valence-corrected chi connectivity index (χ0v) is 11.4. The van der Waals surface area contributed by atoms with Gasteiger partial charge in [-0.25, -0.2) is 9.97 Å². The third-order valence-electron chi connectivity index (χ3n) is 2.70. The number of carbonyl (C=O) groups is 1. The van der Waals surface area contributed by atoms with Crippen molar-refractivity contribution in [1.29, 1.82) is 0 Å². The van der Waals surface area contributed by atoms with Gasteiger partial charge in [0.1, 0.15) is 10.8 Å². The van der Waals surface area contributed by atoms with Crippen LogP contribution in [0.25, 0.3) is 11.3 Å². The van der Waals surface area contributed by atoms with Crippen molar-refractivity contribution in [2.45, 2.75) is 0 Å². The normalized spacial score (nSPS) is 10.3. The molecule has 0 radical (unpaired) electrons. The number of nitrogens with zero attached hydrogens (tertiary/aromatic N) is 3. The molecule has 0 aliphatic heterocycles. The largest absolute Gasteiger partial charge is 0.444 e. The molecule has 0 aliphatic rings. The molecule has 1 aromatic carbocycles. The van der Waals surface area contributed by atoms with Crippen molar-refractivity contribution < 1.29 is 9.21 Å². The van der Waals surface area contributed by atoms with E-state index >= 15 is 0 Å². The molecule has 0 spiro atoms. The molecule has 0 bridgehead atoms. The fourth-order valence-corrected chi connectivity index (χ4v) is 1.87. The van der Waals surface area contributed by atoms with Crippen LogP contribution in [0.1, 0.15) is 10.5 Å². The maximum absolute atomic E-state index is 12.0. The highest BCUT2D eigenvalue weighted by Gasteiger charge is 2.09. The molecule has 2 heterocycles. The molecule has 7 heteroatoms. The van der Waals surface area contributed by atoms with Gasteiger partial charge in [0.25, 0.3) is 5.91 Å². The van der Waals surface area contributed by atoms with E-state index in [0.717, 1.165) is 5.56 Å². The van der Waals surface area contributed by atoms with E-state index in [-0.39, 0.29) is 16.8 Å². The van der Waals surface area contributed by atoms with Crippen molar-refractivity contribution in [2.24, 2.45) is 0 Å². The van der Waals surface area contributed by atoms with Crippen LogP contribution >= 0.6 is 11.6 Å². The predicted molar refractivity (Wildman–Crippen MR) is 76.9 cm³/mol. The molecule has 0 saturated heterocycles. The Kier molecular flexibility index (Phi) is 3.61. The molecule has 6 nitrogen and oxygen atoms in total. The summed E-state index contributed by atoms with van der Waals surface area (Å²) in [5.74, 6) is 0.283. The number of benzene rings is 1. The number of carbonyl (C=O) groups excluding carboxylic acids is 1. The number of oxazole rings is 1. The third kappa shape index (κ3) is 3.06. The Balaban J connectivity index is 1.75. The zero-order chi connectivity index (χ0) is 14.7. The van der Waals surface area contributed by atoms with Crippen molar-refractivity contribution in [3.8, 4) is 11.3 Å². The average Bonchev–Trinajstić information content (AvgIpc) is 3.02. The van der Waals surface area contributed by atoms with E-state index in [4.69, 9.17) is 16.0 Å². The number of rotatable bonds is 3. The standard InChI is InChI=1S/C14H9ClN4O2/c15-13-7-16-5-11(19-13)14(20)18-10-3-1-9(2-4-10)12-6-17-8-21-12/h1-8H,(H,18,20). The second kappa shape index (κ2) is 5.72. The number of nitrogens with one attached hydrogen (secondary N) is 1. The Morgan fingerprint density at radius 2 is 1.90 bits per heavy atom. The lowest BCUT2D eigenvalue weighted by molar-refractivity contribution is 0.102. The monoisotopic (exact) mass is 300 g/mol. The summed E-state index contributed by atoms with van der Waals surface area (Å²) < 4.78 is 5.19. The van der Waals surface area contributed by atoms with Crippen molar-refractivity contribution in [3.05, 3.63) is 60.1 Å². The fourth-order valence-electron chi connectivity index (χ4n) is 1.72. The Morgan fingerprint density at radius 1 is 1.10 bits per heavy atom. The van der Waals surface area contributed by atoms with Crippen molar-refractivity contribution >= 4 is 23.2 Å². The van der Waals surface area contributed by atoms with Gasteiger partial charge in [0, 0.05) is 11.3 Å². The summed E-state index contributed by atoms with van der Waals surface area (Å²) >= 11 is 5.70. The van der Waals surface area contributed by atoms with Crippen molar-refractivity contribution in [3.63, 3.8) is 0 Å². The number of amides is 1. The van der Waals surface area contributed by atoms with Crippen LogP contribution in [-0.4, -0.2) is 20.9 Å². The molecular weight excluding hydrogens is 292 g/mol. The van der Waals surface area contributed by atoms with Crippen LogP contribution in [0.2, 0.25) is 5.15 Å². The summed E-state index contributed by atoms with van der Waals surface area (Å²) in [6.07, 6.45) is 5.70. The highest BCUT2D eigenvalue weighted by Crippen LogP contribution is 2.20. The van der Waals surface area contributed by atoms with Crippen LogP contribution < -0.4 is 5.32 Å². The van der Waals surface area contributed by atoms with E-state index in [2.05, 4.69) is 20.3 Å². The van der Waals surface area contributed by atoms with E-state index in [0.29, 0.717) is 11.4 Å². The maximum atomic E-state index is 12.0. The number of hydrogen-bond donors (Lipinski definition) is 1. The summed E-state index contributed by atoms with van der Waals surface area (Å²) in [5.41, 5.74) is 1.65. The first kappa shape index (κ1) is 13.3. The lowest BCUT2D eigenvalue weighted by Crippen LogP contribution is -2.13. The van der Waals surface area contributed by atoms with Crippen LogP contribution in [-0.2, 0) is 0 Å². The Hall–Kier alpha value is -2.73. The lowest BCUT2D eigenvalue weighted by Gasteiger charge is -2.05. The van der Waals surface area contributed by atoms with E-state index in [9.17, 15) is 4.79 Å². The average molecular weight is 301 g/mol. The van der Waals surface area contributed by atoms with Crippen LogP contribution in [0.5, 0.6) is 0 Å². The summed E-state index contributed by atoms with van der Waals surface area (Å²) in [6, 6.07) is 7.15. The van der Waals surface area contributed by atoms with Gasteiger partial charge in [0.15, 0.2) is 12.2 Å². The van der Waals surface area contributed by atoms with Crippen molar-refractivity contribution in [2.75, 3.05) is 5.32 Å². The van der Waals surface area contributed by atoms with Gasteiger partial charge in [-0.3, -0.25) is 9.78 Å². The van der Waals surface area contributed by atoms with Crippen LogP contribution in [0.3, 0.4) is 0 Å². The maximum Gasteiger partial charge on any atom is 0.275 e. The molecule has 2 aromatic heterocycles. The van der Waals surface area contributed by atoms with Gasteiger partial charge in [-0.05, 0) is 24.3 Å². The minimum Gasteiger partial charge on any atom is -0.444 e. The van der Waals surface area contributed by atoms with Gasteiger partial charge in [0.05, 0.1) is 18.6 Å². The summed E-state index contributed by atoms with van der Waals surface area (Å²) in [5, 5.41) is 2.88. The molecule has 3 rings (SSSR count). The molecule has 0 unspecified atom stereocenters. The van der Waals surface area contributed by atoms with Gasteiger partial charge in [-0.1, -0.05) is 11.6 Å². The first-order chi connectivity index (χ1) is 10.2. The molecule has 21 heavy (non-hydrogen) atoms. The van der Waals surface area contributed by atoms with Crippen LogP contribution in [0.15, 0.2) is 53.7 Å². The Morgan fingerprint density at radius 3 is 2.57 bits per heavy atom. The molecule has 3 aromatic rings. The van der Waals surface area contributed by atoms with Gasteiger partial charge >= 0.3 is 0 Å². The molecule has 1 N–H and O–H groups in total. The lowest BCUT2D eigenvalue weighted by atomic mass is 10.1. The first-order valence-corrected chi connectivity index (χ1v) is 6.38. The minimum atomic E-state index is -0.377. The Bertz CT molecular complexity index is 757. The first-order valence-electron chi connectivity index (χ1n) is 6.00. The number of anilines is 1. The van der Waals surface area contributed by atoms with Gasteiger partial charge < -0.3 is 9.73 Å². The van der Waals surface area contributed by atoms with E-state index < -0.39 is 0 Å². The van der Waals surface area contributed by atoms with Gasteiger partial charge in [-0.15, -0.1) is 0 Å². The van der Waals surface area contributed by atoms with E-state index in [1.807, 2.05) is 12.1 Å². The molecule has 0 aliphatic carbocycles. The van der Waals surface area contributed by atoms with E-state index in [1.165, 1.54) is 18.8 Å². The second-order valence-electron chi connectivity index (χ2n) is 4.12. The van der Waals surface area contributed by atoms with Crippen molar-refractivity contribution in [1.82, 2.24) is 15.0 Å². The molecular formula is C14H9ClN4O2. The molecule has 0 fully saturated rings. The molecule has 104 valence electrons. The van der Waals surface area contributed by atoms with Crippen LogP contribution in [0.4, 0.5) is 5.69 Å². The summed E-state index contributed by atoms with van der Waals surface area (Å²) in [7, 11) is 0. The number of hydrogen-bond acceptors (Lipinski definition) is 5. The highest BCUT2D eigenvalue weighted by molar-refractivity contribution is 6.29. The van der Waals surface area contributed by atoms with Crippen LogP contribution in [0, 0.1) is 0 Å². The predicted octanol–water partition coefficient (Wildman–Crippen LogP) is 3.04. The SMILES string of the molecule is O=C(Nc1ccc(-c2cnco2)cc1)c1cncc(Cl)n1. The quantitative estimate of drug-likeness (QED) is 0.804. The van der Waals surface area contributed by atoms with E-state index in [1.54, 1.807) is 18.3 Å². The zero-order valence-electron chi connectivity index (χ0n) is 10.7. The molecule has 1 amide bonds. The van der Waals surface area contributed by atoms with Gasteiger partial charge in [0.2, 0.25) is 0 Å². The number of halogens is 1. The summed E-state index contributed by atoms with van der Waals surface area (Å²) in [6.45, 7) is 0. The molecule has 0 atom stereocenters. The number of aromatic nitrogens is 3. The topological polar surface area (TPSA) is 80.9 Å². The van der Waals surface area contributed by atoms with Gasteiger partial charge in [-0.2, -0.15) is 0 Å². The summed E-state index contributed by atoms with van der Waals surface area (Å²) in [4.78, 5) is 23.5. The highest BCUT2D eigenvalue weighted by atomic mass is 35.5.